The van der Waals surface area contributed by atoms with E-state index in [1.165, 1.54) is 0 Å². The predicted octanol–water partition coefficient (Wildman–Crippen LogP) is 2.03. The zero-order chi connectivity index (χ0) is 11.7. The Bertz CT molecular complexity index is 430. The quantitative estimate of drug-likeness (QED) is 0.814. The van der Waals surface area contributed by atoms with E-state index in [-0.39, 0.29) is 17.9 Å². The summed E-state index contributed by atoms with van der Waals surface area (Å²) in [4.78, 5) is 24.6. The second kappa shape index (κ2) is 4.14. The predicted molar refractivity (Wildman–Crippen MR) is 61.5 cm³/mol. The maximum atomic E-state index is 11.9. The lowest BCUT2D eigenvalue weighted by Crippen LogP contribution is -2.54. The molecule has 84 valence electrons. The average Bonchev–Trinajstić information content (AvgIpc) is 2.27. The molecule has 1 aromatic carbocycles. The highest BCUT2D eigenvalue weighted by molar-refractivity contribution is 6.30. The second-order valence-corrected chi connectivity index (χ2v) is 4.17. The van der Waals surface area contributed by atoms with Crippen molar-refractivity contribution in [3.05, 3.63) is 29.3 Å². The molecule has 2 rings (SSSR count). The summed E-state index contributed by atoms with van der Waals surface area (Å²) >= 11 is 5.75. The molecule has 0 radical (unpaired) electrons. The number of nitrogens with one attached hydrogen (secondary N) is 1. The fourth-order valence-electron chi connectivity index (χ4n) is 1.56. The molecular weight excluding hydrogens is 228 g/mol. The van der Waals surface area contributed by atoms with E-state index in [1.807, 2.05) is 0 Å². The number of urea groups is 1. The summed E-state index contributed by atoms with van der Waals surface area (Å²) in [6.45, 7) is 2.17. The molecule has 0 bridgehead atoms. The molecular formula is C11H11ClN2O2. The van der Waals surface area contributed by atoms with Crippen LogP contribution in [0.2, 0.25) is 5.02 Å². The Balaban J connectivity index is 2.34. The molecule has 1 N–H and O–H groups in total. The van der Waals surface area contributed by atoms with Gasteiger partial charge in [-0.15, -0.1) is 0 Å². The maximum absolute atomic E-state index is 11.9. The van der Waals surface area contributed by atoms with Gasteiger partial charge in [0.15, 0.2) is 0 Å². The number of anilines is 1. The molecule has 3 amide bonds. The first kappa shape index (κ1) is 11.0. The van der Waals surface area contributed by atoms with Crippen molar-refractivity contribution < 1.29 is 9.59 Å². The van der Waals surface area contributed by atoms with Crippen LogP contribution < -0.4 is 10.2 Å². The number of rotatable bonds is 1. The monoisotopic (exact) mass is 238 g/mol. The summed E-state index contributed by atoms with van der Waals surface area (Å²) in [5, 5.41) is 3.23. The maximum Gasteiger partial charge on any atom is 0.328 e. The van der Waals surface area contributed by atoms with Gasteiger partial charge >= 0.3 is 6.03 Å². The number of hydrogen-bond donors (Lipinski definition) is 1. The fourth-order valence-corrected chi connectivity index (χ4v) is 1.69. The Morgan fingerprint density at radius 3 is 2.56 bits per heavy atom. The highest BCUT2D eigenvalue weighted by atomic mass is 35.5. The van der Waals surface area contributed by atoms with E-state index in [9.17, 15) is 9.59 Å². The Hall–Kier alpha value is -1.55. The smallest absolute Gasteiger partial charge is 0.328 e. The largest absolute Gasteiger partial charge is 0.337 e. The lowest BCUT2D eigenvalue weighted by molar-refractivity contribution is -0.121. The Morgan fingerprint density at radius 1 is 1.31 bits per heavy atom. The summed E-state index contributed by atoms with van der Waals surface area (Å²) in [6, 6.07) is 6.22. The van der Waals surface area contributed by atoms with E-state index in [2.05, 4.69) is 5.32 Å². The fraction of sp³-hybridized carbons (Fsp3) is 0.273. The van der Waals surface area contributed by atoms with Gasteiger partial charge in [-0.1, -0.05) is 18.5 Å². The zero-order valence-electron chi connectivity index (χ0n) is 8.74. The number of benzene rings is 1. The van der Waals surface area contributed by atoms with Gasteiger partial charge in [-0.2, -0.15) is 0 Å². The third-order valence-corrected chi connectivity index (χ3v) is 2.74. The molecule has 1 aliphatic heterocycles. The average molecular weight is 239 g/mol. The van der Waals surface area contributed by atoms with Crippen LogP contribution in [0.5, 0.6) is 0 Å². The van der Waals surface area contributed by atoms with Gasteiger partial charge in [0.05, 0.1) is 11.6 Å². The lowest BCUT2D eigenvalue weighted by Gasteiger charge is -2.29. The van der Waals surface area contributed by atoms with E-state index in [0.717, 1.165) is 4.90 Å². The minimum Gasteiger partial charge on any atom is -0.337 e. The van der Waals surface area contributed by atoms with Gasteiger partial charge in [0.1, 0.15) is 0 Å². The standard InChI is InChI=1S/C11H11ClN2O2/c1-7-6-13-11(16)14(10(7)15)9-4-2-8(12)3-5-9/h2-5,7H,6H2,1H3,(H,13,16). The van der Waals surface area contributed by atoms with E-state index in [0.29, 0.717) is 17.3 Å². The molecule has 0 aromatic heterocycles. The van der Waals surface area contributed by atoms with Crippen molar-refractivity contribution >= 4 is 29.2 Å². The van der Waals surface area contributed by atoms with E-state index in [1.54, 1.807) is 31.2 Å². The second-order valence-electron chi connectivity index (χ2n) is 3.74. The first-order valence-electron chi connectivity index (χ1n) is 4.97. The summed E-state index contributed by atoms with van der Waals surface area (Å²) in [5.74, 6) is -0.389. The number of amides is 3. The molecule has 1 saturated heterocycles. The van der Waals surface area contributed by atoms with Gasteiger partial charge in [0.2, 0.25) is 5.91 Å². The lowest BCUT2D eigenvalue weighted by atomic mass is 10.1. The molecule has 1 heterocycles. The number of hydrogen-bond acceptors (Lipinski definition) is 2. The van der Waals surface area contributed by atoms with Crippen LogP contribution in [0.25, 0.3) is 0 Å². The molecule has 1 aromatic rings. The van der Waals surface area contributed by atoms with Crippen LogP contribution in [0.1, 0.15) is 6.92 Å². The van der Waals surface area contributed by atoms with Crippen molar-refractivity contribution in [1.29, 1.82) is 0 Å². The van der Waals surface area contributed by atoms with Gasteiger partial charge in [-0.05, 0) is 24.3 Å². The van der Waals surface area contributed by atoms with Crippen LogP contribution in [0, 0.1) is 5.92 Å². The van der Waals surface area contributed by atoms with Gasteiger partial charge in [-0.25, -0.2) is 9.69 Å². The summed E-state index contributed by atoms with van der Waals surface area (Å²) in [7, 11) is 0. The number of nitrogens with zero attached hydrogens (tertiary/aromatic N) is 1. The van der Waals surface area contributed by atoms with Crippen molar-refractivity contribution in [3.63, 3.8) is 0 Å². The number of carbonyl (C=O) groups excluding carboxylic acids is 2. The van der Waals surface area contributed by atoms with E-state index >= 15 is 0 Å². The van der Waals surface area contributed by atoms with Crippen LogP contribution in [0.4, 0.5) is 10.5 Å². The number of halogens is 1. The first-order chi connectivity index (χ1) is 7.59. The van der Waals surface area contributed by atoms with Crippen molar-refractivity contribution in [1.82, 2.24) is 5.32 Å². The van der Waals surface area contributed by atoms with E-state index < -0.39 is 0 Å². The molecule has 1 unspecified atom stereocenters. The van der Waals surface area contributed by atoms with Gasteiger partial charge in [-0.3, -0.25) is 4.79 Å². The molecule has 1 aliphatic rings. The normalized spacial score (nSPS) is 20.9. The molecule has 1 fully saturated rings. The Kier molecular flexibility index (Phi) is 2.83. The SMILES string of the molecule is CC1CNC(=O)N(c2ccc(Cl)cc2)C1=O. The topological polar surface area (TPSA) is 49.4 Å². The Labute approximate surface area is 98.2 Å². The van der Waals surface area contributed by atoms with Crippen LogP contribution in [-0.4, -0.2) is 18.5 Å². The van der Waals surface area contributed by atoms with E-state index in [4.69, 9.17) is 11.6 Å². The van der Waals surface area contributed by atoms with Crippen LogP contribution >= 0.6 is 11.6 Å². The summed E-state index contributed by atoms with van der Waals surface area (Å²) in [5.41, 5.74) is 0.540. The third-order valence-electron chi connectivity index (χ3n) is 2.49. The minimum absolute atomic E-state index is 0.189. The highest BCUT2D eigenvalue weighted by Crippen LogP contribution is 2.21. The molecule has 0 saturated carbocycles. The molecule has 0 spiro atoms. The molecule has 4 nitrogen and oxygen atoms in total. The zero-order valence-corrected chi connectivity index (χ0v) is 9.49. The first-order valence-corrected chi connectivity index (χ1v) is 5.35. The molecule has 16 heavy (non-hydrogen) atoms. The van der Waals surface area contributed by atoms with Crippen LogP contribution in [-0.2, 0) is 4.79 Å². The molecule has 0 aliphatic carbocycles. The summed E-state index contributed by atoms with van der Waals surface area (Å²) in [6.07, 6.45) is 0. The minimum atomic E-state index is -0.384. The molecule has 1 atom stereocenters. The van der Waals surface area contributed by atoms with Gasteiger partial charge < -0.3 is 5.32 Å². The van der Waals surface area contributed by atoms with Crippen LogP contribution in [0.3, 0.4) is 0 Å². The van der Waals surface area contributed by atoms with Crippen molar-refractivity contribution in [2.24, 2.45) is 5.92 Å². The van der Waals surface area contributed by atoms with Crippen molar-refractivity contribution in [2.75, 3.05) is 11.4 Å². The Morgan fingerprint density at radius 2 is 1.94 bits per heavy atom. The van der Waals surface area contributed by atoms with Gasteiger partial charge in [0, 0.05) is 11.6 Å². The van der Waals surface area contributed by atoms with Gasteiger partial charge in [0.25, 0.3) is 0 Å². The highest BCUT2D eigenvalue weighted by Gasteiger charge is 2.32. The summed E-state index contributed by atoms with van der Waals surface area (Å²) < 4.78 is 0. The molecule has 5 heteroatoms. The number of imide groups is 1. The number of carbonyl (C=O) groups is 2. The van der Waals surface area contributed by atoms with Crippen molar-refractivity contribution in [2.45, 2.75) is 6.92 Å². The third kappa shape index (κ3) is 1.88. The van der Waals surface area contributed by atoms with Crippen molar-refractivity contribution in [3.8, 4) is 0 Å². The van der Waals surface area contributed by atoms with Crippen LogP contribution in [0.15, 0.2) is 24.3 Å².